The van der Waals surface area contributed by atoms with Crippen LogP contribution in [0.4, 0.5) is 0 Å². The minimum absolute atomic E-state index is 0.00389. The number of aliphatic hydroxyl groups excluding tert-OH is 2. The summed E-state index contributed by atoms with van der Waals surface area (Å²) < 4.78 is 0. The van der Waals surface area contributed by atoms with Gasteiger partial charge >= 0.3 is 0 Å². The maximum absolute atomic E-state index is 9.77. The summed E-state index contributed by atoms with van der Waals surface area (Å²) in [5, 5.41) is 19.2. The molecule has 0 heterocycles. The third-order valence-electron chi connectivity index (χ3n) is 3.02. The standard InChI is InChI=1S/C11H19BrO2/c1-2-9(13)11(14)10(12)8-6-4-3-5-7-8/h2,8-11,13-14H,1,3-7H2/t9-,10+,11-/m0/s1. The summed E-state index contributed by atoms with van der Waals surface area (Å²) in [4.78, 5) is -0.00389. The minimum atomic E-state index is -0.818. The molecular formula is C11H19BrO2. The van der Waals surface area contributed by atoms with Crippen molar-refractivity contribution in [3.63, 3.8) is 0 Å². The first-order valence-corrected chi connectivity index (χ1v) is 6.21. The maximum Gasteiger partial charge on any atom is 0.0988 e. The number of halogens is 1. The average molecular weight is 263 g/mol. The highest BCUT2D eigenvalue weighted by atomic mass is 79.9. The number of aliphatic hydroxyl groups is 2. The summed E-state index contributed by atoms with van der Waals surface area (Å²) in [5.41, 5.74) is 0. The molecule has 0 spiro atoms. The molecule has 1 aliphatic rings. The van der Waals surface area contributed by atoms with E-state index in [1.54, 1.807) is 0 Å². The normalized spacial score (nSPS) is 25.4. The van der Waals surface area contributed by atoms with Crippen molar-refractivity contribution in [1.82, 2.24) is 0 Å². The van der Waals surface area contributed by atoms with Crippen LogP contribution < -0.4 is 0 Å². The summed E-state index contributed by atoms with van der Waals surface area (Å²) in [5.74, 6) is 0.494. The van der Waals surface area contributed by atoms with Gasteiger partial charge in [-0.15, -0.1) is 6.58 Å². The Morgan fingerprint density at radius 2 is 1.79 bits per heavy atom. The fourth-order valence-corrected chi connectivity index (χ4v) is 2.90. The monoisotopic (exact) mass is 262 g/mol. The highest BCUT2D eigenvalue weighted by Gasteiger charge is 2.30. The molecule has 0 aliphatic heterocycles. The van der Waals surface area contributed by atoms with Gasteiger partial charge in [-0.25, -0.2) is 0 Å². The van der Waals surface area contributed by atoms with E-state index in [9.17, 15) is 10.2 Å². The number of hydrogen-bond donors (Lipinski definition) is 2. The molecular weight excluding hydrogens is 244 g/mol. The molecule has 1 rings (SSSR count). The first-order valence-electron chi connectivity index (χ1n) is 5.29. The van der Waals surface area contributed by atoms with Crippen LogP contribution in [-0.4, -0.2) is 27.2 Å². The van der Waals surface area contributed by atoms with Crippen molar-refractivity contribution in [2.75, 3.05) is 0 Å². The summed E-state index contributed by atoms with van der Waals surface area (Å²) >= 11 is 3.49. The Kier molecular flexibility index (Phi) is 5.13. The van der Waals surface area contributed by atoms with Gasteiger partial charge in [0.1, 0.15) is 0 Å². The summed E-state index contributed by atoms with van der Waals surface area (Å²) in [7, 11) is 0. The quantitative estimate of drug-likeness (QED) is 0.603. The van der Waals surface area contributed by atoms with Crippen LogP contribution in [0.3, 0.4) is 0 Å². The molecule has 1 saturated carbocycles. The molecule has 0 radical (unpaired) electrons. The van der Waals surface area contributed by atoms with E-state index in [4.69, 9.17) is 0 Å². The van der Waals surface area contributed by atoms with Gasteiger partial charge in [-0.1, -0.05) is 41.3 Å². The first-order chi connectivity index (χ1) is 6.66. The molecule has 82 valence electrons. The van der Waals surface area contributed by atoms with Gasteiger partial charge in [-0.2, -0.15) is 0 Å². The molecule has 0 aromatic rings. The van der Waals surface area contributed by atoms with Crippen LogP contribution in [0, 0.1) is 5.92 Å². The molecule has 0 unspecified atom stereocenters. The van der Waals surface area contributed by atoms with Crippen molar-refractivity contribution >= 4 is 15.9 Å². The van der Waals surface area contributed by atoms with Crippen LogP contribution in [0.5, 0.6) is 0 Å². The summed E-state index contributed by atoms with van der Waals surface area (Å²) in [6.45, 7) is 3.48. The van der Waals surface area contributed by atoms with Crippen LogP contribution in [-0.2, 0) is 0 Å². The topological polar surface area (TPSA) is 40.5 Å². The zero-order chi connectivity index (χ0) is 10.6. The Morgan fingerprint density at radius 1 is 1.21 bits per heavy atom. The lowest BCUT2D eigenvalue weighted by atomic mass is 9.84. The molecule has 0 saturated heterocycles. The summed E-state index contributed by atoms with van der Waals surface area (Å²) in [6.07, 6.45) is 5.93. The van der Waals surface area contributed by atoms with E-state index in [-0.39, 0.29) is 4.83 Å². The Labute approximate surface area is 94.1 Å². The van der Waals surface area contributed by atoms with Gasteiger partial charge in [0, 0.05) is 4.83 Å². The number of hydrogen-bond acceptors (Lipinski definition) is 2. The zero-order valence-corrected chi connectivity index (χ0v) is 9.99. The average Bonchev–Trinajstić information content (AvgIpc) is 2.27. The lowest BCUT2D eigenvalue weighted by Crippen LogP contribution is -2.37. The fraction of sp³-hybridized carbons (Fsp3) is 0.818. The molecule has 2 N–H and O–H groups in total. The van der Waals surface area contributed by atoms with Crippen molar-refractivity contribution in [3.8, 4) is 0 Å². The second-order valence-corrected chi connectivity index (χ2v) is 5.12. The first kappa shape index (κ1) is 12.2. The van der Waals surface area contributed by atoms with Crippen LogP contribution in [0.1, 0.15) is 32.1 Å². The Balaban J connectivity index is 2.45. The molecule has 14 heavy (non-hydrogen) atoms. The van der Waals surface area contributed by atoms with Gasteiger partial charge in [0.2, 0.25) is 0 Å². The second-order valence-electron chi connectivity index (χ2n) is 4.06. The Morgan fingerprint density at radius 3 is 2.29 bits per heavy atom. The van der Waals surface area contributed by atoms with Gasteiger partial charge in [-0.3, -0.25) is 0 Å². The molecule has 1 fully saturated rings. The van der Waals surface area contributed by atoms with E-state index in [2.05, 4.69) is 22.5 Å². The minimum Gasteiger partial charge on any atom is -0.389 e. The van der Waals surface area contributed by atoms with E-state index in [0.717, 1.165) is 12.8 Å². The van der Waals surface area contributed by atoms with Gasteiger partial charge in [0.15, 0.2) is 0 Å². The van der Waals surface area contributed by atoms with Crippen molar-refractivity contribution in [2.45, 2.75) is 49.1 Å². The van der Waals surface area contributed by atoms with E-state index in [1.165, 1.54) is 25.3 Å². The molecule has 3 atom stereocenters. The molecule has 0 amide bonds. The number of alkyl halides is 1. The van der Waals surface area contributed by atoms with Crippen molar-refractivity contribution < 1.29 is 10.2 Å². The number of rotatable bonds is 4. The van der Waals surface area contributed by atoms with Crippen molar-refractivity contribution in [1.29, 1.82) is 0 Å². The molecule has 0 bridgehead atoms. The van der Waals surface area contributed by atoms with Gasteiger partial charge in [-0.05, 0) is 18.8 Å². The molecule has 3 heteroatoms. The zero-order valence-electron chi connectivity index (χ0n) is 8.40. The molecule has 0 aromatic carbocycles. The summed E-state index contributed by atoms with van der Waals surface area (Å²) in [6, 6.07) is 0. The SMILES string of the molecule is C=C[C@H](O)[C@H](O)[C@H](Br)C1CCCCC1. The van der Waals surface area contributed by atoms with E-state index in [0.29, 0.717) is 5.92 Å². The van der Waals surface area contributed by atoms with Crippen LogP contribution in [0.15, 0.2) is 12.7 Å². The third-order valence-corrected chi connectivity index (χ3v) is 4.31. The predicted molar refractivity (Wildman–Crippen MR) is 61.5 cm³/mol. The lowest BCUT2D eigenvalue weighted by molar-refractivity contribution is 0.0348. The Hall–Kier alpha value is 0.140. The smallest absolute Gasteiger partial charge is 0.0988 e. The van der Waals surface area contributed by atoms with Crippen LogP contribution in [0.2, 0.25) is 0 Å². The van der Waals surface area contributed by atoms with E-state index in [1.807, 2.05) is 0 Å². The van der Waals surface area contributed by atoms with Crippen molar-refractivity contribution in [2.24, 2.45) is 5.92 Å². The molecule has 1 aliphatic carbocycles. The predicted octanol–water partition coefficient (Wildman–Crippen LogP) is 2.24. The van der Waals surface area contributed by atoms with Gasteiger partial charge in [0.05, 0.1) is 12.2 Å². The Bertz CT molecular complexity index is 178. The second kappa shape index (κ2) is 5.89. The maximum atomic E-state index is 9.77. The van der Waals surface area contributed by atoms with Gasteiger partial charge < -0.3 is 10.2 Å². The largest absolute Gasteiger partial charge is 0.389 e. The molecule has 0 aromatic heterocycles. The molecule has 2 nitrogen and oxygen atoms in total. The fourth-order valence-electron chi connectivity index (χ4n) is 2.06. The lowest BCUT2D eigenvalue weighted by Gasteiger charge is -2.30. The van der Waals surface area contributed by atoms with E-state index < -0.39 is 12.2 Å². The third kappa shape index (κ3) is 3.07. The van der Waals surface area contributed by atoms with Crippen LogP contribution >= 0.6 is 15.9 Å². The van der Waals surface area contributed by atoms with E-state index >= 15 is 0 Å². The highest BCUT2D eigenvalue weighted by molar-refractivity contribution is 9.09. The van der Waals surface area contributed by atoms with Gasteiger partial charge in [0.25, 0.3) is 0 Å². The van der Waals surface area contributed by atoms with Crippen molar-refractivity contribution in [3.05, 3.63) is 12.7 Å². The highest BCUT2D eigenvalue weighted by Crippen LogP contribution is 2.32. The van der Waals surface area contributed by atoms with Crippen LogP contribution in [0.25, 0.3) is 0 Å².